The Morgan fingerprint density at radius 2 is 2.15 bits per heavy atom. The van der Waals surface area contributed by atoms with E-state index in [1.54, 1.807) is 18.3 Å². The quantitative estimate of drug-likeness (QED) is 0.775. The normalized spacial score (nSPS) is 10.3. The van der Waals surface area contributed by atoms with E-state index in [0.29, 0.717) is 24.3 Å². The average molecular weight is 264 g/mol. The van der Waals surface area contributed by atoms with Crippen molar-refractivity contribution >= 4 is 11.5 Å². The summed E-state index contributed by atoms with van der Waals surface area (Å²) in [7, 11) is 0. The third kappa shape index (κ3) is 2.29. The number of pyridine rings is 2. The maximum atomic E-state index is 8.99. The van der Waals surface area contributed by atoms with Gasteiger partial charge < -0.3 is 5.32 Å². The van der Waals surface area contributed by atoms with Gasteiger partial charge in [0.2, 0.25) is 0 Å². The number of fused-ring (bicyclic) bond motifs is 1. The van der Waals surface area contributed by atoms with Crippen LogP contribution in [0, 0.1) is 11.3 Å². The lowest BCUT2D eigenvalue weighted by molar-refractivity contribution is 0.867. The lowest BCUT2D eigenvalue weighted by Gasteiger charge is -2.05. The molecule has 20 heavy (non-hydrogen) atoms. The zero-order valence-corrected chi connectivity index (χ0v) is 10.7. The smallest absolute Gasteiger partial charge is 0.160 e. The van der Waals surface area contributed by atoms with Crippen molar-refractivity contribution in [2.45, 2.75) is 6.42 Å². The predicted molar refractivity (Wildman–Crippen MR) is 74.1 cm³/mol. The van der Waals surface area contributed by atoms with Crippen molar-refractivity contribution in [1.29, 1.82) is 5.26 Å². The third-order valence-corrected chi connectivity index (χ3v) is 2.95. The van der Waals surface area contributed by atoms with Crippen LogP contribution in [-0.4, -0.2) is 26.1 Å². The van der Waals surface area contributed by atoms with Crippen molar-refractivity contribution < 1.29 is 0 Å². The van der Waals surface area contributed by atoms with Crippen molar-refractivity contribution in [3.8, 4) is 6.07 Å². The van der Waals surface area contributed by atoms with Crippen molar-refractivity contribution in [2.75, 3.05) is 11.9 Å². The molecule has 1 N–H and O–H groups in total. The molecule has 0 saturated heterocycles. The zero-order valence-electron chi connectivity index (χ0n) is 10.7. The lowest BCUT2D eigenvalue weighted by Crippen LogP contribution is -2.09. The number of nitrogens with one attached hydrogen (secondary N) is 1. The summed E-state index contributed by atoms with van der Waals surface area (Å²) in [6, 6.07) is 11.4. The second kappa shape index (κ2) is 5.36. The van der Waals surface area contributed by atoms with Crippen LogP contribution in [0.3, 0.4) is 0 Å². The fourth-order valence-corrected chi connectivity index (χ4v) is 1.99. The molecule has 0 unspecified atom stereocenters. The Morgan fingerprint density at radius 1 is 1.20 bits per heavy atom. The summed E-state index contributed by atoms with van der Waals surface area (Å²) in [4.78, 5) is 4.15. The van der Waals surface area contributed by atoms with Gasteiger partial charge in [-0.2, -0.15) is 5.26 Å². The molecule has 98 valence electrons. The molecular weight excluding hydrogens is 252 g/mol. The number of nitrogens with zero attached hydrogens (tertiary/aromatic N) is 5. The summed E-state index contributed by atoms with van der Waals surface area (Å²) in [6.07, 6.45) is 4.30. The standard InChI is InChI=1S/C14H12N6/c15-10-11-4-3-7-16-14(11)17-8-6-13-19-18-12-5-1-2-9-20(12)13/h1-5,7,9H,6,8H2,(H,16,17). The first kappa shape index (κ1) is 12.1. The molecule has 0 saturated carbocycles. The van der Waals surface area contributed by atoms with E-state index >= 15 is 0 Å². The molecule has 0 fully saturated rings. The Labute approximate surface area is 115 Å². The van der Waals surface area contributed by atoms with Crippen LogP contribution in [0.15, 0.2) is 42.7 Å². The van der Waals surface area contributed by atoms with E-state index in [4.69, 9.17) is 5.26 Å². The van der Waals surface area contributed by atoms with Gasteiger partial charge in [0, 0.05) is 25.4 Å². The Balaban J connectivity index is 1.70. The van der Waals surface area contributed by atoms with Crippen LogP contribution in [-0.2, 0) is 6.42 Å². The minimum absolute atomic E-state index is 0.540. The average Bonchev–Trinajstić information content (AvgIpc) is 2.91. The highest BCUT2D eigenvalue weighted by atomic mass is 15.2. The van der Waals surface area contributed by atoms with Gasteiger partial charge in [0.1, 0.15) is 17.7 Å². The highest BCUT2D eigenvalue weighted by Gasteiger charge is 2.05. The first-order valence-electron chi connectivity index (χ1n) is 6.26. The summed E-state index contributed by atoms with van der Waals surface area (Å²) in [5, 5.41) is 20.4. The molecule has 0 aliphatic heterocycles. The van der Waals surface area contributed by atoms with E-state index in [9.17, 15) is 0 Å². The number of anilines is 1. The van der Waals surface area contributed by atoms with Crippen molar-refractivity contribution in [1.82, 2.24) is 19.6 Å². The van der Waals surface area contributed by atoms with Crippen LogP contribution in [0.5, 0.6) is 0 Å². The van der Waals surface area contributed by atoms with E-state index in [0.717, 1.165) is 11.5 Å². The van der Waals surface area contributed by atoms with Gasteiger partial charge in [0.15, 0.2) is 5.65 Å². The van der Waals surface area contributed by atoms with Crippen molar-refractivity contribution in [3.63, 3.8) is 0 Å². The molecule has 6 nitrogen and oxygen atoms in total. The molecule has 0 aliphatic rings. The highest BCUT2D eigenvalue weighted by Crippen LogP contribution is 2.10. The summed E-state index contributed by atoms with van der Waals surface area (Å²) in [6.45, 7) is 0.640. The third-order valence-electron chi connectivity index (χ3n) is 2.95. The molecule has 0 aromatic carbocycles. The molecule has 3 aromatic heterocycles. The van der Waals surface area contributed by atoms with Crippen LogP contribution in [0.4, 0.5) is 5.82 Å². The van der Waals surface area contributed by atoms with E-state index in [-0.39, 0.29) is 0 Å². The van der Waals surface area contributed by atoms with Crippen LogP contribution in [0.2, 0.25) is 0 Å². The van der Waals surface area contributed by atoms with Gasteiger partial charge in [-0.05, 0) is 24.3 Å². The van der Waals surface area contributed by atoms with E-state index in [1.807, 2.05) is 28.8 Å². The van der Waals surface area contributed by atoms with Crippen molar-refractivity contribution in [3.05, 3.63) is 54.1 Å². The maximum Gasteiger partial charge on any atom is 0.160 e. The largest absolute Gasteiger partial charge is 0.369 e. The van der Waals surface area contributed by atoms with Gasteiger partial charge in [-0.25, -0.2) is 4.98 Å². The van der Waals surface area contributed by atoms with Crippen molar-refractivity contribution in [2.24, 2.45) is 0 Å². The molecule has 0 spiro atoms. The fourth-order valence-electron chi connectivity index (χ4n) is 1.99. The summed E-state index contributed by atoms with van der Waals surface area (Å²) in [5.74, 6) is 1.48. The Kier molecular flexibility index (Phi) is 3.25. The molecule has 3 aromatic rings. The zero-order chi connectivity index (χ0) is 13.8. The van der Waals surface area contributed by atoms with Gasteiger partial charge in [-0.15, -0.1) is 10.2 Å². The topological polar surface area (TPSA) is 78.9 Å². The highest BCUT2D eigenvalue weighted by molar-refractivity contribution is 5.51. The minimum atomic E-state index is 0.540. The first-order chi connectivity index (χ1) is 9.88. The second-order valence-electron chi connectivity index (χ2n) is 4.23. The molecule has 3 heterocycles. The molecule has 0 radical (unpaired) electrons. The lowest BCUT2D eigenvalue weighted by atomic mass is 10.3. The van der Waals surface area contributed by atoms with Crippen LogP contribution in [0.25, 0.3) is 5.65 Å². The number of rotatable bonds is 4. The van der Waals surface area contributed by atoms with Crippen LogP contribution < -0.4 is 5.32 Å². The molecule has 0 aliphatic carbocycles. The Hall–Kier alpha value is -2.94. The van der Waals surface area contributed by atoms with Crippen LogP contribution in [0.1, 0.15) is 11.4 Å². The van der Waals surface area contributed by atoms with Crippen LogP contribution >= 0.6 is 0 Å². The van der Waals surface area contributed by atoms with Gasteiger partial charge in [-0.1, -0.05) is 6.07 Å². The van der Waals surface area contributed by atoms with Gasteiger partial charge in [-0.3, -0.25) is 4.40 Å². The number of hydrogen-bond acceptors (Lipinski definition) is 5. The summed E-state index contributed by atoms with van der Waals surface area (Å²) >= 11 is 0. The number of nitriles is 1. The summed E-state index contributed by atoms with van der Waals surface area (Å²) in [5.41, 5.74) is 1.37. The van der Waals surface area contributed by atoms with Gasteiger partial charge in [0.05, 0.1) is 5.56 Å². The number of hydrogen-bond donors (Lipinski definition) is 1. The first-order valence-corrected chi connectivity index (χ1v) is 6.26. The molecule has 3 rings (SSSR count). The second-order valence-corrected chi connectivity index (χ2v) is 4.23. The van der Waals surface area contributed by atoms with E-state index < -0.39 is 0 Å². The minimum Gasteiger partial charge on any atom is -0.369 e. The van der Waals surface area contributed by atoms with Gasteiger partial charge >= 0.3 is 0 Å². The summed E-state index contributed by atoms with van der Waals surface area (Å²) < 4.78 is 1.95. The molecular formula is C14H12N6. The van der Waals surface area contributed by atoms with E-state index in [2.05, 4.69) is 26.6 Å². The Bertz CT molecular complexity index is 770. The van der Waals surface area contributed by atoms with Gasteiger partial charge in [0.25, 0.3) is 0 Å². The van der Waals surface area contributed by atoms with E-state index in [1.165, 1.54) is 0 Å². The SMILES string of the molecule is N#Cc1cccnc1NCCc1nnc2ccccn12. The number of aromatic nitrogens is 4. The fraction of sp³-hybridized carbons (Fsp3) is 0.143. The predicted octanol–water partition coefficient (Wildman–Crippen LogP) is 1.65. The molecule has 0 atom stereocenters. The monoisotopic (exact) mass is 264 g/mol. The molecule has 0 bridgehead atoms. The molecule has 6 heteroatoms. The molecule has 0 amide bonds. The maximum absolute atomic E-state index is 8.99. The Morgan fingerprint density at radius 3 is 3.05 bits per heavy atom.